The smallest absolute Gasteiger partial charge is 0.232 e. The molecule has 0 aliphatic carbocycles. The summed E-state index contributed by atoms with van der Waals surface area (Å²) in [4.78, 5) is 12.4. The Balaban J connectivity index is 1.78. The van der Waals surface area contributed by atoms with Crippen molar-refractivity contribution in [2.75, 3.05) is 10.5 Å². The predicted molar refractivity (Wildman–Crippen MR) is 107 cm³/mol. The third-order valence-electron chi connectivity index (χ3n) is 4.06. The van der Waals surface area contributed by atoms with Crippen LogP contribution in [-0.4, -0.2) is 20.0 Å². The van der Waals surface area contributed by atoms with Gasteiger partial charge in [-0.2, -0.15) is 0 Å². The molecule has 0 heterocycles. The molecular weight excluding hydrogens is 346 g/mol. The van der Waals surface area contributed by atoms with Gasteiger partial charge in [0.1, 0.15) is 0 Å². The summed E-state index contributed by atoms with van der Waals surface area (Å²) in [6.07, 6.45) is 3.34. The first kappa shape index (κ1) is 17.9. The van der Waals surface area contributed by atoms with Crippen molar-refractivity contribution in [2.45, 2.75) is 6.92 Å². The van der Waals surface area contributed by atoms with E-state index in [1.54, 1.807) is 37.3 Å². The van der Waals surface area contributed by atoms with Gasteiger partial charge in [-0.15, -0.1) is 0 Å². The SMILES string of the molecule is CCS(=O)(=O)Nc1ccc(C(=O)/C=C/c2cccc3ccccc23)cc1. The number of rotatable bonds is 6. The summed E-state index contributed by atoms with van der Waals surface area (Å²) in [7, 11) is -3.32. The minimum atomic E-state index is -3.32. The van der Waals surface area contributed by atoms with Crippen LogP contribution in [0.1, 0.15) is 22.8 Å². The Labute approximate surface area is 153 Å². The van der Waals surface area contributed by atoms with E-state index in [1.807, 2.05) is 42.5 Å². The fourth-order valence-corrected chi connectivity index (χ4v) is 3.25. The number of carbonyl (C=O) groups is 1. The van der Waals surface area contributed by atoms with Gasteiger partial charge in [0.05, 0.1) is 5.75 Å². The highest BCUT2D eigenvalue weighted by Gasteiger charge is 2.08. The van der Waals surface area contributed by atoms with E-state index in [-0.39, 0.29) is 11.5 Å². The maximum absolute atomic E-state index is 12.4. The van der Waals surface area contributed by atoms with E-state index in [9.17, 15) is 13.2 Å². The van der Waals surface area contributed by atoms with Crippen LogP contribution in [0.3, 0.4) is 0 Å². The van der Waals surface area contributed by atoms with Crippen molar-refractivity contribution in [1.82, 2.24) is 0 Å². The van der Waals surface area contributed by atoms with Crippen LogP contribution in [0.5, 0.6) is 0 Å². The second kappa shape index (κ2) is 7.54. The van der Waals surface area contributed by atoms with Crippen molar-refractivity contribution in [2.24, 2.45) is 0 Å². The van der Waals surface area contributed by atoms with E-state index in [2.05, 4.69) is 4.72 Å². The van der Waals surface area contributed by atoms with Gasteiger partial charge in [-0.05, 0) is 53.6 Å². The summed E-state index contributed by atoms with van der Waals surface area (Å²) >= 11 is 0. The van der Waals surface area contributed by atoms with Gasteiger partial charge in [0.2, 0.25) is 10.0 Å². The number of allylic oxidation sites excluding steroid dienone is 1. The number of ketones is 1. The van der Waals surface area contributed by atoms with Gasteiger partial charge in [-0.25, -0.2) is 8.42 Å². The Morgan fingerprint density at radius 3 is 2.38 bits per heavy atom. The van der Waals surface area contributed by atoms with Gasteiger partial charge in [0, 0.05) is 11.3 Å². The average Bonchev–Trinajstić information content (AvgIpc) is 2.66. The number of hydrogen-bond acceptors (Lipinski definition) is 3. The minimum absolute atomic E-state index is 0.00144. The first-order valence-corrected chi connectivity index (χ1v) is 9.94. The normalized spacial score (nSPS) is 11.7. The summed E-state index contributed by atoms with van der Waals surface area (Å²) in [6.45, 7) is 1.57. The fraction of sp³-hybridized carbons (Fsp3) is 0.0952. The topological polar surface area (TPSA) is 63.2 Å². The largest absolute Gasteiger partial charge is 0.289 e. The predicted octanol–water partition coefficient (Wildman–Crippen LogP) is 4.50. The second-order valence-corrected chi connectivity index (χ2v) is 7.86. The molecule has 3 aromatic rings. The lowest BCUT2D eigenvalue weighted by Crippen LogP contribution is -2.14. The molecule has 0 radical (unpaired) electrons. The number of fused-ring (bicyclic) bond motifs is 1. The summed E-state index contributed by atoms with van der Waals surface area (Å²) < 4.78 is 25.6. The Bertz CT molecular complexity index is 1060. The third kappa shape index (κ3) is 4.18. The molecule has 3 aromatic carbocycles. The van der Waals surface area contributed by atoms with E-state index in [4.69, 9.17) is 0 Å². The lowest BCUT2D eigenvalue weighted by atomic mass is 10.0. The quantitative estimate of drug-likeness (QED) is 0.517. The number of sulfonamides is 1. The summed E-state index contributed by atoms with van der Waals surface area (Å²) in [5.74, 6) is -0.135. The van der Waals surface area contributed by atoms with Crippen LogP contribution in [-0.2, 0) is 10.0 Å². The van der Waals surface area contributed by atoms with Crippen molar-refractivity contribution in [1.29, 1.82) is 0 Å². The molecule has 0 fully saturated rings. The van der Waals surface area contributed by atoms with Crippen molar-refractivity contribution in [3.8, 4) is 0 Å². The molecule has 4 nitrogen and oxygen atoms in total. The lowest BCUT2D eigenvalue weighted by Gasteiger charge is -2.06. The highest BCUT2D eigenvalue weighted by molar-refractivity contribution is 7.92. The molecule has 26 heavy (non-hydrogen) atoms. The molecule has 0 aliphatic heterocycles. The van der Waals surface area contributed by atoms with Crippen LogP contribution in [0.2, 0.25) is 0 Å². The van der Waals surface area contributed by atoms with Crippen LogP contribution in [0.4, 0.5) is 5.69 Å². The Hall–Kier alpha value is -2.92. The molecule has 0 aliphatic rings. The Morgan fingerprint density at radius 1 is 0.962 bits per heavy atom. The molecule has 0 aromatic heterocycles. The van der Waals surface area contributed by atoms with E-state index in [0.717, 1.165) is 16.3 Å². The fourth-order valence-electron chi connectivity index (χ4n) is 2.61. The van der Waals surface area contributed by atoms with Crippen LogP contribution < -0.4 is 4.72 Å². The summed E-state index contributed by atoms with van der Waals surface area (Å²) in [5.41, 5.74) is 1.92. The summed E-state index contributed by atoms with van der Waals surface area (Å²) in [6, 6.07) is 20.4. The van der Waals surface area contributed by atoms with Gasteiger partial charge in [-0.3, -0.25) is 9.52 Å². The van der Waals surface area contributed by atoms with Gasteiger partial charge >= 0.3 is 0 Å². The Kier molecular flexibility index (Phi) is 5.19. The van der Waals surface area contributed by atoms with Crippen molar-refractivity contribution >= 4 is 38.3 Å². The average molecular weight is 365 g/mol. The first-order valence-electron chi connectivity index (χ1n) is 8.29. The molecule has 0 spiro atoms. The molecule has 0 amide bonds. The number of carbonyl (C=O) groups excluding carboxylic acids is 1. The maximum Gasteiger partial charge on any atom is 0.232 e. The molecule has 0 bridgehead atoms. The molecule has 0 unspecified atom stereocenters. The molecule has 3 rings (SSSR count). The van der Waals surface area contributed by atoms with E-state index >= 15 is 0 Å². The highest BCUT2D eigenvalue weighted by atomic mass is 32.2. The highest BCUT2D eigenvalue weighted by Crippen LogP contribution is 2.20. The third-order valence-corrected chi connectivity index (χ3v) is 5.37. The maximum atomic E-state index is 12.4. The molecular formula is C21H19NO3S. The molecule has 0 saturated heterocycles. The van der Waals surface area contributed by atoms with Crippen molar-refractivity contribution < 1.29 is 13.2 Å². The van der Waals surface area contributed by atoms with Gasteiger partial charge in [0.15, 0.2) is 5.78 Å². The lowest BCUT2D eigenvalue weighted by molar-refractivity contribution is 0.104. The van der Waals surface area contributed by atoms with Crippen LogP contribution >= 0.6 is 0 Å². The summed E-state index contributed by atoms with van der Waals surface area (Å²) in [5, 5.41) is 2.21. The van der Waals surface area contributed by atoms with Crippen molar-refractivity contribution in [3.05, 3.63) is 83.9 Å². The number of anilines is 1. The molecule has 0 saturated carbocycles. The van der Waals surface area contributed by atoms with E-state index in [0.29, 0.717) is 11.3 Å². The zero-order valence-electron chi connectivity index (χ0n) is 14.3. The monoisotopic (exact) mass is 365 g/mol. The zero-order chi connectivity index (χ0) is 18.6. The van der Waals surface area contributed by atoms with Crippen LogP contribution in [0.25, 0.3) is 16.8 Å². The molecule has 1 N–H and O–H groups in total. The number of benzene rings is 3. The van der Waals surface area contributed by atoms with Crippen LogP contribution in [0, 0.1) is 0 Å². The molecule has 0 atom stereocenters. The minimum Gasteiger partial charge on any atom is -0.289 e. The standard InChI is InChI=1S/C21H19NO3S/c1-2-26(24,25)22-19-13-10-18(11-14-19)21(23)15-12-17-8-5-7-16-6-3-4-9-20(16)17/h3-15,22H,2H2,1H3/b15-12+. The zero-order valence-corrected chi connectivity index (χ0v) is 15.2. The van der Waals surface area contributed by atoms with E-state index in [1.165, 1.54) is 6.08 Å². The Morgan fingerprint density at radius 2 is 1.65 bits per heavy atom. The second-order valence-electron chi connectivity index (χ2n) is 5.85. The van der Waals surface area contributed by atoms with Gasteiger partial charge < -0.3 is 0 Å². The van der Waals surface area contributed by atoms with E-state index < -0.39 is 10.0 Å². The van der Waals surface area contributed by atoms with Gasteiger partial charge in [0.25, 0.3) is 0 Å². The van der Waals surface area contributed by atoms with Gasteiger partial charge in [-0.1, -0.05) is 48.5 Å². The van der Waals surface area contributed by atoms with Crippen molar-refractivity contribution in [3.63, 3.8) is 0 Å². The van der Waals surface area contributed by atoms with Crippen LogP contribution in [0.15, 0.2) is 72.8 Å². The number of nitrogens with one attached hydrogen (secondary N) is 1. The first-order chi connectivity index (χ1) is 12.5. The molecule has 5 heteroatoms. The molecule has 132 valence electrons. The number of hydrogen-bond donors (Lipinski definition) is 1.